The lowest BCUT2D eigenvalue weighted by Gasteiger charge is -2.20. The smallest absolute Gasteiger partial charge is 0.193 e. The minimum Gasteiger partial charge on any atom is -0.297 e. The molecule has 0 aliphatic rings. The zero-order chi connectivity index (χ0) is 13.7. The second-order valence-corrected chi connectivity index (χ2v) is 6.06. The van der Waals surface area contributed by atoms with Gasteiger partial charge in [-0.15, -0.1) is 11.3 Å². The third-order valence-electron chi connectivity index (χ3n) is 3.09. The second kappa shape index (κ2) is 6.69. The van der Waals surface area contributed by atoms with Crippen molar-refractivity contribution in [3.05, 3.63) is 23.5 Å². The van der Waals surface area contributed by atoms with E-state index < -0.39 is 0 Å². The van der Waals surface area contributed by atoms with Crippen LogP contribution in [0.1, 0.15) is 32.4 Å². The van der Waals surface area contributed by atoms with E-state index in [1.54, 1.807) is 11.3 Å². The summed E-state index contributed by atoms with van der Waals surface area (Å²) in [6.45, 7) is 7.16. The summed E-state index contributed by atoms with van der Waals surface area (Å²) < 4.78 is 2.06. The molecule has 5 heteroatoms. The van der Waals surface area contributed by atoms with Crippen LogP contribution in [0.15, 0.2) is 17.8 Å². The van der Waals surface area contributed by atoms with E-state index in [0.29, 0.717) is 12.3 Å². The Balaban J connectivity index is 1.97. The third kappa shape index (κ3) is 4.05. The maximum absolute atomic E-state index is 8.75. The van der Waals surface area contributed by atoms with Gasteiger partial charge in [0, 0.05) is 37.3 Å². The van der Waals surface area contributed by atoms with Gasteiger partial charge in [0.15, 0.2) is 4.96 Å². The van der Waals surface area contributed by atoms with Crippen LogP contribution in [-0.4, -0.2) is 27.4 Å². The van der Waals surface area contributed by atoms with Gasteiger partial charge >= 0.3 is 0 Å². The Morgan fingerprint density at radius 2 is 2.32 bits per heavy atom. The predicted molar refractivity (Wildman–Crippen MR) is 78.0 cm³/mol. The van der Waals surface area contributed by atoms with Gasteiger partial charge in [-0.05, 0) is 18.9 Å². The van der Waals surface area contributed by atoms with Crippen LogP contribution in [0.2, 0.25) is 0 Å². The Hall–Kier alpha value is -1.38. The van der Waals surface area contributed by atoms with Gasteiger partial charge in [-0.1, -0.05) is 13.8 Å². The number of thiazole rings is 1. The lowest BCUT2D eigenvalue weighted by molar-refractivity contribution is 0.252. The molecule has 0 radical (unpaired) electrons. The molecule has 0 unspecified atom stereocenters. The molecule has 0 atom stereocenters. The van der Waals surface area contributed by atoms with Crippen molar-refractivity contribution < 1.29 is 0 Å². The molecule has 19 heavy (non-hydrogen) atoms. The van der Waals surface area contributed by atoms with Gasteiger partial charge in [0.05, 0.1) is 11.8 Å². The van der Waals surface area contributed by atoms with E-state index in [1.165, 1.54) is 0 Å². The van der Waals surface area contributed by atoms with Crippen molar-refractivity contribution in [1.82, 2.24) is 14.3 Å². The highest BCUT2D eigenvalue weighted by Crippen LogP contribution is 2.13. The molecular weight excluding hydrogens is 256 g/mol. The van der Waals surface area contributed by atoms with E-state index in [9.17, 15) is 0 Å². The first-order valence-corrected chi connectivity index (χ1v) is 7.57. The molecule has 0 spiro atoms. The van der Waals surface area contributed by atoms with Gasteiger partial charge in [0.25, 0.3) is 0 Å². The minimum absolute atomic E-state index is 0.584. The minimum atomic E-state index is 0.584. The fourth-order valence-electron chi connectivity index (χ4n) is 2.00. The largest absolute Gasteiger partial charge is 0.297 e. The second-order valence-electron chi connectivity index (χ2n) is 5.19. The van der Waals surface area contributed by atoms with Crippen LogP contribution in [0.3, 0.4) is 0 Å². The van der Waals surface area contributed by atoms with Crippen LogP contribution >= 0.6 is 11.3 Å². The maximum atomic E-state index is 8.75. The zero-order valence-corrected chi connectivity index (χ0v) is 12.4. The van der Waals surface area contributed by atoms with Crippen molar-refractivity contribution in [2.24, 2.45) is 5.92 Å². The van der Waals surface area contributed by atoms with E-state index in [0.717, 1.165) is 36.7 Å². The van der Waals surface area contributed by atoms with Gasteiger partial charge in [-0.2, -0.15) is 5.26 Å². The van der Waals surface area contributed by atoms with Crippen LogP contribution in [0.25, 0.3) is 4.96 Å². The van der Waals surface area contributed by atoms with Crippen LogP contribution in [0.4, 0.5) is 0 Å². The summed E-state index contributed by atoms with van der Waals surface area (Å²) in [4.78, 5) is 7.97. The summed E-state index contributed by atoms with van der Waals surface area (Å²) in [5.41, 5.74) is 1.09. The van der Waals surface area contributed by atoms with Crippen LogP contribution in [0.5, 0.6) is 0 Å². The Morgan fingerprint density at radius 3 is 3.00 bits per heavy atom. The van der Waals surface area contributed by atoms with E-state index in [4.69, 9.17) is 5.26 Å². The highest BCUT2D eigenvalue weighted by molar-refractivity contribution is 7.15. The lowest BCUT2D eigenvalue weighted by atomic mass is 10.1. The molecular formula is C14H20N4S. The first-order chi connectivity index (χ1) is 9.19. The number of nitrogens with zero attached hydrogens (tertiary/aromatic N) is 4. The van der Waals surface area contributed by atoms with Crippen LogP contribution in [0, 0.1) is 17.2 Å². The molecule has 2 aromatic heterocycles. The van der Waals surface area contributed by atoms with E-state index in [2.05, 4.69) is 40.4 Å². The third-order valence-corrected chi connectivity index (χ3v) is 3.86. The van der Waals surface area contributed by atoms with Crippen molar-refractivity contribution in [2.45, 2.75) is 33.2 Å². The average molecular weight is 276 g/mol. The summed E-state index contributed by atoms with van der Waals surface area (Å²) in [6.07, 6.45) is 5.86. The number of hydrogen-bond acceptors (Lipinski definition) is 4. The molecule has 0 fully saturated rings. The summed E-state index contributed by atoms with van der Waals surface area (Å²) in [5.74, 6) is 0.690. The molecule has 2 heterocycles. The number of rotatable bonds is 7. The van der Waals surface area contributed by atoms with Crippen molar-refractivity contribution >= 4 is 16.3 Å². The topological polar surface area (TPSA) is 44.3 Å². The average Bonchev–Trinajstić information content (AvgIpc) is 2.93. The zero-order valence-electron chi connectivity index (χ0n) is 11.5. The summed E-state index contributed by atoms with van der Waals surface area (Å²) >= 11 is 1.65. The summed E-state index contributed by atoms with van der Waals surface area (Å²) in [6, 6.07) is 2.23. The first kappa shape index (κ1) is 14.0. The number of aromatic nitrogens is 2. The molecule has 0 saturated heterocycles. The SMILES string of the molecule is CC(C)CCN(CCC#N)Cc1cn2ccsc2n1. The van der Waals surface area contributed by atoms with Crippen molar-refractivity contribution in [1.29, 1.82) is 5.26 Å². The van der Waals surface area contributed by atoms with Crippen molar-refractivity contribution in [2.75, 3.05) is 13.1 Å². The van der Waals surface area contributed by atoms with E-state index >= 15 is 0 Å². The van der Waals surface area contributed by atoms with Gasteiger partial charge in [-0.3, -0.25) is 9.30 Å². The highest BCUT2D eigenvalue weighted by Gasteiger charge is 2.10. The molecule has 2 aromatic rings. The highest BCUT2D eigenvalue weighted by atomic mass is 32.1. The molecule has 0 aliphatic carbocycles. The molecule has 4 nitrogen and oxygen atoms in total. The summed E-state index contributed by atoms with van der Waals surface area (Å²) in [5, 5.41) is 10.8. The van der Waals surface area contributed by atoms with Gasteiger partial charge < -0.3 is 0 Å². The van der Waals surface area contributed by atoms with Gasteiger partial charge in [0.2, 0.25) is 0 Å². The maximum Gasteiger partial charge on any atom is 0.193 e. The van der Waals surface area contributed by atoms with E-state index in [-0.39, 0.29) is 0 Å². The van der Waals surface area contributed by atoms with Crippen molar-refractivity contribution in [3.8, 4) is 6.07 Å². The molecule has 2 rings (SSSR count). The number of hydrogen-bond donors (Lipinski definition) is 0. The monoisotopic (exact) mass is 276 g/mol. The number of fused-ring (bicyclic) bond motifs is 1. The van der Waals surface area contributed by atoms with Crippen LogP contribution < -0.4 is 0 Å². The van der Waals surface area contributed by atoms with Crippen molar-refractivity contribution in [3.63, 3.8) is 0 Å². The fourth-order valence-corrected chi connectivity index (χ4v) is 2.72. The van der Waals surface area contributed by atoms with Gasteiger partial charge in [0.1, 0.15) is 0 Å². The molecule has 0 amide bonds. The molecule has 0 aromatic carbocycles. The Labute approximate surface area is 118 Å². The fraction of sp³-hybridized carbons (Fsp3) is 0.571. The summed E-state index contributed by atoms with van der Waals surface area (Å²) in [7, 11) is 0. The normalized spacial score (nSPS) is 11.5. The molecule has 102 valence electrons. The number of nitriles is 1. The number of imidazole rings is 1. The molecule has 0 aliphatic heterocycles. The lowest BCUT2D eigenvalue weighted by Crippen LogP contribution is -2.26. The molecule has 0 saturated carbocycles. The van der Waals surface area contributed by atoms with E-state index in [1.807, 2.05) is 11.6 Å². The quantitative estimate of drug-likeness (QED) is 0.780. The standard InChI is InChI=1S/C14H20N4S/c1-12(2)4-7-17(6-3-5-15)10-13-11-18-8-9-19-14(18)16-13/h8-9,11-12H,3-4,6-7,10H2,1-2H3. The molecule has 0 N–H and O–H groups in total. The van der Waals surface area contributed by atoms with Crippen LogP contribution in [-0.2, 0) is 6.54 Å². The Kier molecular flexibility index (Phi) is 4.94. The van der Waals surface area contributed by atoms with Gasteiger partial charge in [-0.25, -0.2) is 4.98 Å². The Bertz CT molecular complexity index is 521. The predicted octanol–water partition coefficient (Wildman–Crippen LogP) is 3.16. The molecule has 0 bridgehead atoms. The Morgan fingerprint density at radius 1 is 1.47 bits per heavy atom. The first-order valence-electron chi connectivity index (χ1n) is 6.69.